The molecule has 0 bridgehead atoms. The van der Waals surface area contributed by atoms with Crippen molar-refractivity contribution in [2.24, 2.45) is 0 Å². The second-order valence-electron chi connectivity index (χ2n) is 5.08. The van der Waals surface area contributed by atoms with Gasteiger partial charge in [-0.3, -0.25) is 4.40 Å². The molecule has 0 aliphatic rings. The highest BCUT2D eigenvalue weighted by atomic mass is 32.1. The van der Waals surface area contributed by atoms with Gasteiger partial charge in [-0.05, 0) is 31.5 Å². The van der Waals surface area contributed by atoms with Gasteiger partial charge in [0.1, 0.15) is 5.75 Å². The molecule has 0 fully saturated rings. The maximum Gasteiger partial charge on any atom is 0.194 e. The van der Waals surface area contributed by atoms with Crippen LogP contribution in [0.5, 0.6) is 5.75 Å². The molecule has 2 heterocycles. The third kappa shape index (κ3) is 2.80. The Morgan fingerprint density at radius 1 is 1.43 bits per heavy atom. The number of thiazole rings is 1. The second-order valence-corrected chi connectivity index (χ2v) is 5.95. The first-order chi connectivity index (χ1) is 10.2. The Balaban J connectivity index is 1.74. The van der Waals surface area contributed by atoms with Crippen molar-refractivity contribution in [2.45, 2.75) is 26.4 Å². The fourth-order valence-corrected chi connectivity index (χ4v) is 3.21. The van der Waals surface area contributed by atoms with Crippen LogP contribution in [-0.2, 0) is 6.54 Å². The summed E-state index contributed by atoms with van der Waals surface area (Å²) in [7, 11) is 1.69. The predicted molar refractivity (Wildman–Crippen MR) is 86.1 cm³/mol. The molecular weight excluding hydrogens is 282 g/mol. The van der Waals surface area contributed by atoms with Crippen molar-refractivity contribution >= 4 is 16.3 Å². The molecule has 4 nitrogen and oxygen atoms in total. The Morgan fingerprint density at radius 3 is 3.10 bits per heavy atom. The minimum Gasteiger partial charge on any atom is -0.497 e. The zero-order valence-corrected chi connectivity index (χ0v) is 13.3. The van der Waals surface area contributed by atoms with Crippen molar-refractivity contribution in [1.82, 2.24) is 14.7 Å². The molecule has 21 heavy (non-hydrogen) atoms. The summed E-state index contributed by atoms with van der Waals surface area (Å²) < 4.78 is 7.44. The molecule has 5 heteroatoms. The Labute approximate surface area is 128 Å². The topological polar surface area (TPSA) is 38.6 Å². The minimum atomic E-state index is 0.253. The number of hydrogen-bond acceptors (Lipinski definition) is 4. The number of imidazole rings is 1. The fraction of sp³-hybridized carbons (Fsp3) is 0.312. The summed E-state index contributed by atoms with van der Waals surface area (Å²) in [5.41, 5.74) is 3.53. The Kier molecular flexibility index (Phi) is 3.94. The first-order valence-corrected chi connectivity index (χ1v) is 7.85. The van der Waals surface area contributed by atoms with Crippen molar-refractivity contribution < 1.29 is 4.74 Å². The van der Waals surface area contributed by atoms with Crippen molar-refractivity contribution in [3.8, 4) is 5.75 Å². The Hall–Kier alpha value is -1.85. The highest BCUT2D eigenvalue weighted by molar-refractivity contribution is 7.15. The number of rotatable bonds is 5. The number of hydrogen-bond donors (Lipinski definition) is 1. The lowest BCUT2D eigenvalue weighted by molar-refractivity contribution is 0.413. The summed E-state index contributed by atoms with van der Waals surface area (Å²) in [5, 5.41) is 5.63. The van der Waals surface area contributed by atoms with Crippen LogP contribution in [0.3, 0.4) is 0 Å². The van der Waals surface area contributed by atoms with Crippen molar-refractivity contribution in [1.29, 1.82) is 0 Å². The van der Waals surface area contributed by atoms with E-state index in [1.807, 2.05) is 12.1 Å². The molecule has 0 saturated carbocycles. The van der Waals surface area contributed by atoms with Gasteiger partial charge in [-0.2, -0.15) is 0 Å². The normalized spacial score (nSPS) is 12.7. The third-order valence-electron chi connectivity index (χ3n) is 3.73. The van der Waals surface area contributed by atoms with Crippen molar-refractivity contribution in [3.05, 3.63) is 52.8 Å². The van der Waals surface area contributed by atoms with Gasteiger partial charge in [-0.1, -0.05) is 12.1 Å². The monoisotopic (exact) mass is 301 g/mol. The maximum absolute atomic E-state index is 5.28. The van der Waals surface area contributed by atoms with Crippen LogP contribution in [0.4, 0.5) is 0 Å². The lowest BCUT2D eigenvalue weighted by Crippen LogP contribution is -2.19. The first-order valence-electron chi connectivity index (χ1n) is 6.97. The standard InChI is InChI=1S/C16H19N3OS/c1-11(13-5-4-6-14(9-13)20-3)17-10-15-12(2)18-16-19(15)7-8-21-16/h4-9,11,17H,10H2,1-3H3/t11-/m0/s1. The highest BCUT2D eigenvalue weighted by Gasteiger charge is 2.11. The SMILES string of the molecule is COc1cccc([C@H](C)NCc2c(C)nc3sccn23)c1. The number of nitrogens with zero attached hydrogens (tertiary/aromatic N) is 2. The van der Waals surface area contributed by atoms with Crippen molar-refractivity contribution in [3.63, 3.8) is 0 Å². The molecule has 0 aliphatic heterocycles. The van der Waals surface area contributed by atoms with E-state index in [1.54, 1.807) is 18.4 Å². The molecule has 1 aromatic carbocycles. The Bertz CT molecular complexity index is 747. The van der Waals surface area contributed by atoms with Crippen LogP contribution in [0.2, 0.25) is 0 Å². The van der Waals surface area contributed by atoms with E-state index in [-0.39, 0.29) is 6.04 Å². The van der Waals surface area contributed by atoms with Crippen LogP contribution < -0.4 is 10.1 Å². The number of aryl methyl sites for hydroxylation is 1. The van der Waals surface area contributed by atoms with E-state index >= 15 is 0 Å². The summed E-state index contributed by atoms with van der Waals surface area (Å²) in [6, 6.07) is 8.42. The van der Waals surface area contributed by atoms with Gasteiger partial charge >= 0.3 is 0 Å². The summed E-state index contributed by atoms with van der Waals surface area (Å²) in [6.45, 7) is 5.02. The number of aromatic nitrogens is 2. The van der Waals surface area contributed by atoms with Gasteiger partial charge < -0.3 is 10.1 Å². The molecule has 0 radical (unpaired) electrons. The van der Waals surface area contributed by atoms with Gasteiger partial charge in [0.2, 0.25) is 0 Å². The van der Waals surface area contributed by atoms with E-state index in [0.29, 0.717) is 0 Å². The van der Waals surface area contributed by atoms with Crippen LogP contribution in [0.1, 0.15) is 29.9 Å². The molecule has 1 atom stereocenters. The van der Waals surface area contributed by atoms with Crippen LogP contribution in [-0.4, -0.2) is 16.5 Å². The van der Waals surface area contributed by atoms with Gasteiger partial charge in [-0.15, -0.1) is 11.3 Å². The quantitative estimate of drug-likeness (QED) is 0.783. The Morgan fingerprint density at radius 2 is 2.29 bits per heavy atom. The van der Waals surface area contributed by atoms with Gasteiger partial charge in [-0.25, -0.2) is 4.98 Å². The number of benzene rings is 1. The molecule has 0 amide bonds. The summed E-state index contributed by atoms with van der Waals surface area (Å²) in [4.78, 5) is 5.63. The van der Waals surface area contributed by atoms with Gasteiger partial charge in [0.25, 0.3) is 0 Å². The average molecular weight is 301 g/mol. The first kappa shape index (κ1) is 14.1. The van der Waals surface area contributed by atoms with Gasteiger partial charge in [0.15, 0.2) is 4.96 Å². The summed E-state index contributed by atoms with van der Waals surface area (Å²) >= 11 is 1.67. The van der Waals surface area contributed by atoms with Crippen LogP contribution in [0.15, 0.2) is 35.8 Å². The maximum atomic E-state index is 5.28. The zero-order chi connectivity index (χ0) is 14.8. The summed E-state index contributed by atoms with van der Waals surface area (Å²) in [6.07, 6.45) is 2.08. The second kappa shape index (κ2) is 5.87. The van der Waals surface area contributed by atoms with E-state index in [0.717, 1.165) is 22.9 Å². The molecule has 3 aromatic rings. The zero-order valence-electron chi connectivity index (χ0n) is 12.5. The third-order valence-corrected chi connectivity index (χ3v) is 4.49. The number of fused-ring (bicyclic) bond motifs is 1. The van der Waals surface area contributed by atoms with Gasteiger partial charge in [0, 0.05) is 24.2 Å². The van der Waals surface area contributed by atoms with Gasteiger partial charge in [0.05, 0.1) is 18.5 Å². The average Bonchev–Trinajstić information content (AvgIpc) is 3.05. The molecule has 2 aromatic heterocycles. The molecule has 1 N–H and O–H groups in total. The molecule has 0 unspecified atom stereocenters. The fourth-order valence-electron chi connectivity index (χ4n) is 2.43. The molecule has 0 spiro atoms. The highest BCUT2D eigenvalue weighted by Crippen LogP contribution is 2.21. The minimum absolute atomic E-state index is 0.253. The lowest BCUT2D eigenvalue weighted by Gasteiger charge is -2.15. The molecule has 0 saturated heterocycles. The van der Waals surface area contributed by atoms with E-state index in [1.165, 1.54) is 11.3 Å². The predicted octanol–water partition coefficient (Wildman–Crippen LogP) is 3.56. The number of ether oxygens (including phenoxy) is 1. The number of nitrogens with one attached hydrogen (secondary N) is 1. The number of methoxy groups -OCH3 is 1. The van der Waals surface area contributed by atoms with E-state index < -0.39 is 0 Å². The van der Waals surface area contributed by atoms with E-state index in [2.05, 4.69) is 52.3 Å². The van der Waals surface area contributed by atoms with E-state index in [9.17, 15) is 0 Å². The smallest absolute Gasteiger partial charge is 0.194 e. The lowest BCUT2D eigenvalue weighted by atomic mass is 10.1. The molecule has 3 rings (SSSR count). The molecular formula is C16H19N3OS. The van der Waals surface area contributed by atoms with Crippen LogP contribution in [0.25, 0.3) is 4.96 Å². The summed E-state index contributed by atoms with van der Waals surface area (Å²) in [5.74, 6) is 0.891. The molecule has 0 aliphatic carbocycles. The largest absolute Gasteiger partial charge is 0.497 e. The molecule has 110 valence electrons. The van der Waals surface area contributed by atoms with Crippen molar-refractivity contribution in [2.75, 3.05) is 7.11 Å². The van der Waals surface area contributed by atoms with Crippen LogP contribution >= 0.6 is 11.3 Å². The van der Waals surface area contributed by atoms with E-state index in [4.69, 9.17) is 4.74 Å². The van der Waals surface area contributed by atoms with Crippen LogP contribution in [0, 0.1) is 6.92 Å².